The predicted molar refractivity (Wildman–Crippen MR) is 117 cm³/mol. The van der Waals surface area contributed by atoms with Gasteiger partial charge in [-0.2, -0.15) is 21.6 Å². The van der Waals surface area contributed by atoms with Crippen LogP contribution in [0.25, 0.3) is 16.1 Å². The third kappa shape index (κ3) is 5.41. The average molecular weight is 490 g/mol. The van der Waals surface area contributed by atoms with Crippen LogP contribution in [-0.2, 0) is 31.8 Å². The lowest BCUT2D eigenvalue weighted by Crippen LogP contribution is -2.29. The van der Waals surface area contributed by atoms with Crippen LogP contribution in [-0.4, -0.2) is 25.4 Å². The molecule has 0 amide bonds. The normalized spacial score (nSPS) is 11.7. The second-order valence-corrected chi connectivity index (χ2v) is 8.84. The summed E-state index contributed by atoms with van der Waals surface area (Å²) in [7, 11) is -4.28. The van der Waals surface area contributed by atoms with Crippen LogP contribution in [0.1, 0.15) is 11.1 Å². The lowest BCUT2D eigenvalue weighted by molar-refractivity contribution is -0.136. The molecular weight excluding hydrogens is 473 g/mol. The second-order valence-electron chi connectivity index (χ2n) is 7.23. The molecule has 176 valence electrons. The Morgan fingerprint density at radius 2 is 1.71 bits per heavy atom. The van der Waals surface area contributed by atoms with Crippen molar-refractivity contribution in [2.75, 3.05) is 6.61 Å². The van der Waals surface area contributed by atoms with E-state index >= 15 is 0 Å². The predicted octanol–water partition coefficient (Wildman–Crippen LogP) is 4.37. The summed E-state index contributed by atoms with van der Waals surface area (Å²) >= 11 is 0. The minimum absolute atomic E-state index is 0.183. The van der Waals surface area contributed by atoms with E-state index in [1.807, 2.05) is 0 Å². The van der Waals surface area contributed by atoms with E-state index in [1.54, 1.807) is 13.0 Å². The van der Waals surface area contributed by atoms with Crippen molar-refractivity contribution in [1.29, 1.82) is 0 Å². The number of aryl methyl sites for hydroxylation is 1. The largest absolute Gasteiger partial charge is 0.407 e. The van der Waals surface area contributed by atoms with Gasteiger partial charge in [0.25, 0.3) is 21.4 Å². The Morgan fingerprint density at radius 1 is 1.09 bits per heavy atom. The molecule has 0 spiro atoms. The summed E-state index contributed by atoms with van der Waals surface area (Å²) in [5.74, 6) is -0.898. The summed E-state index contributed by atoms with van der Waals surface area (Å²) in [6.07, 6.45) is -4.98. The van der Waals surface area contributed by atoms with Gasteiger partial charge in [0, 0.05) is 5.69 Å². The van der Waals surface area contributed by atoms with Crippen molar-refractivity contribution >= 4 is 21.6 Å². The maximum Gasteiger partial charge on any atom is 0.407 e. The zero-order valence-electron chi connectivity index (χ0n) is 17.7. The topological polar surface area (TPSA) is 86.8 Å². The summed E-state index contributed by atoms with van der Waals surface area (Å²) in [6.45, 7) is 7.06. The van der Waals surface area contributed by atoms with Crippen LogP contribution in [0.4, 0.5) is 18.9 Å². The maximum absolute atomic E-state index is 13.5. The number of carbonyl (C=O) groups excluding carboxylic acids is 1. The smallest absolute Gasteiger partial charge is 0.310 e. The number of hydrogen-bond acceptors (Lipinski definition) is 5. The van der Waals surface area contributed by atoms with Crippen molar-refractivity contribution < 1.29 is 30.6 Å². The molecule has 0 saturated heterocycles. The number of halogens is 3. The van der Waals surface area contributed by atoms with Gasteiger partial charge in [-0.25, -0.2) is 4.85 Å². The van der Waals surface area contributed by atoms with Gasteiger partial charge < -0.3 is 4.57 Å². The van der Waals surface area contributed by atoms with E-state index in [4.69, 9.17) is 10.8 Å². The summed E-state index contributed by atoms with van der Waals surface area (Å²) in [4.78, 5) is 27.8. The first-order valence-corrected chi connectivity index (χ1v) is 11.1. The first-order chi connectivity index (χ1) is 15.9. The molecule has 2 aromatic carbocycles. The number of benzene rings is 2. The van der Waals surface area contributed by atoms with Gasteiger partial charge in [0.05, 0.1) is 23.6 Å². The van der Waals surface area contributed by atoms with Crippen molar-refractivity contribution in [3.05, 3.63) is 93.6 Å². The molecule has 3 rings (SSSR count). The molecule has 0 saturated carbocycles. The van der Waals surface area contributed by atoms with Gasteiger partial charge in [0.1, 0.15) is 6.61 Å². The number of nitrogens with zero attached hydrogens (tertiary/aromatic N) is 2. The Hall–Kier alpha value is -3.75. The van der Waals surface area contributed by atoms with E-state index in [9.17, 15) is 31.2 Å². The van der Waals surface area contributed by atoms with Gasteiger partial charge in [-0.1, -0.05) is 48.0 Å². The molecule has 0 N–H and O–H groups in total. The highest BCUT2D eigenvalue weighted by Gasteiger charge is 2.36. The van der Waals surface area contributed by atoms with Gasteiger partial charge in [0.2, 0.25) is 0 Å². The van der Waals surface area contributed by atoms with Crippen molar-refractivity contribution in [3.63, 3.8) is 0 Å². The van der Waals surface area contributed by atoms with E-state index < -0.39 is 52.0 Å². The van der Waals surface area contributed by atoms with Crippen LogP contribution in [0, 0.1) is 13.5 Å². The number of ketones is 1. The minimum Gasteiger partial charge on any atom is -0.310 e. The second kappa shape index (κ2) is 9.62. The fraction of sp³-hybridized carbons (Fsp3) is 0.174. The number of pyridine rings is 1. The van der Waals surface area contributed by atoms with Crippen molar-refractivity contribution in [2.24, 2.45) is 0 Å². The fourth-order valence-electron chi connectivity index (χ4n) is 3.10. The van der Waals surface area contributed by atoms with Crippen LogP contribution < -0.4 is 5.56 Å². The number of rotatable bonds is 7. The standard InChI is InChI=1S/C23H17F3N2O5S/c1-15-8-10-18(11-9-15)34(31,32)33-14-17(29)13-28-20(16-6-4-3-5-7-16)12-19(23(24,25)26)21(27-2)22(28)30/h3-12H,13-14H2,1H3. The van der Waals surface area contributed by atoms with Gasteiger partial charge >= 0.3 is 6.18 Å². The quantitative estimate of drug-likeness (QED) is 0.363. The molecular formula is C23H17F3N2O5S. The molecule has 1 aromatic heterocycles. The summed E-state index contributed by atoms with van der Waals surface area (Å²) in [6, 6.07) is 13.8. The van der Waals surface area contributed by atoms with E-state index in [-0.39, 0.29) is 16.2 Å². The van der Waals surface area contributed by atoms with Crippen LogP contribution in [0.3, 0.4) is 0 Å². The van der Waals surface area contributed by atoms with Gasteiger partial charge in [-0.05, 0) is 30.7 Å². The molecule has 0 fully saturated rings. The lowest BCUT2D eigenvalue weighted by atomic mass is 10.1. The highest BCUT2D eigenvalue weighted by atomic mass is 32.2. The highest BCUT2D eigenvalue weighted by molar-refractivity contribution is 7.86. The maximum atomic E-state index is 13.5. The molecule has 0 atom stereocenters. The minimum atomic E-state index is -4.98. The van der Waals surface area contributed by atoms with Crippen molar-refractivity contribution in [2.45, 2.75) is 24.5 Å². The number of Topliss-reactive ketones (excluding diaryl/α,β-unsaturated/α-hetero) is 1. The Bertz CT molecular complexity index is 1420. The van der Waals surface area contributed by atoms with Gasteiger partial charge in [-0.15, -0.1) is 0 Å². The molecule has 0 unspecified atom stereocenters. The monoisotopic (exact) mass is 490 g/mol. The summed E-state index contributed by atoms with van der Waals surface area (Å²) in [5.41, 5.74) is -3.18. The van der Waals surface area contributed by atoms with Crippen LogP contribution in [0.15, 0.2) is 70.4 Å². The van der Waals surface area contributed by atoms with E-state index in [0.29, 0.717) is 10.6 Å². The zero-order chi connectivity index (χ0) is 25.1. The van der Waals surface area contributed by atoms with Gasteiger partial charge in [-0.3, -0.25) is 13.8 Å². The molecule has 0 aliphatic rings. The first-order valence-electron chi connectivity index (χ1n) is 9.70. The molecule has 34 heavy (non-hydrogen) atoms. The third-order valence-corrected chi connectivity index (χ3v) is 6.06. The van der Waals surface area contributed by atoms with Crippen LogP contribution in [0.2, 0.25) is 0 Å². The van der Waals surface area contributed by atoms with E-state index in [0.717, 1.165) is 5.56 Å². The Labute approximate surface area is 193 Å². The molecule has 1 heterocycles. The number of hydrogen-bond donors (Lipinski definition) is 0. The number of alkyl halides is 3. The summed E-state index contributed by atoms with van der Waals surface area (Å²) < 4.78 is 70.6. The Balaban J connectivity index is 1.97. The molecule has 0 aliphatic carbocycles. The molecule has 0 bridgehead atoms. The lowest BCUT2D eigenvalue weighted by Gasteiger charge is -2.17. The van der Waals surface area contributed by atoms with Crippen molar-refractivity contribution in [3.8, 4) is 11.3 Å². The number of aromatic nitrogens is 1. The highest BCUT2D eigenvalue weighted by Crippen LogP contribution is 2.37. The molecule has 0 aliphatic heterocycles. The summed E-state index contributed by atoms with van der Waals surface area (Å²) in [5, 5.41) is 0. The van der Waals surface area contributed by atoms with E-state index in [2.05, 4.69) is 4.85 Å². The third-order valence-electron chi connectivity index (χ3n) is 4.78. The van der Waals surface area contributed by atoms with Crippen molar-refractivity contribution in [1.82, 2.24) is 4.57 Å². The van der Waals surface area contributed by atoms with E-state index in [1.165, 1.54) is 48.5 Å². The number of carbonyl (C=O) groups is 1. The fourth-order valence-corrected chi connectivity index (χ4v) is 3.99. The molecule has 11 heteroatoms. The Morgan fingerprint density at radius 3 is 2.26 bits per heavy atom. The average Bonchev–Trinajstić information content (AvgIpc) is 2.79. The van der Waals surface area contributed by atoms with Crippen LogP contribution in [0.5, 0.6) is 0 Å². The Kier molecular flexibility index (Phi) is 7.04. The SMILES string of the molecule is [C-]#[N+]c1c(C(F)(F)F)cc(-c2ccccc2)n(CC(=O)COS(=O)(=O)c2ccc(C)cc2)c1=O. The molecule has 3 aromatic rings. The first kappa shape index (κ1) is 24.9. The zero-order valence-corrected chi connectivity index (χ0v) is 18.5. The molecule has 0 radical (unpaired) electrons. The van der Waals surface area contributed by atoms with Gasteiger partial charge in [0.15, 0.2) is 5.78 Å². The molecule has 7 nitrogen and oxygen atoms in total. The van der Waals surface area contributed by atoms with Crippen LogP contribution >= 0.6 is 0 Å².